The summed E-state index contributed by atoms with van der Waals surface area (Å²) in [7, 11) is 0. The molecule has 5 rings (SSSR count). The second kappa shape index (κ2) is 9.20. The summed E-state index contributed by atoms with van der Waals surface area (Å²) in [6.07, 6.45) is 4.35. The molecule has 0 saturated carbocycles. The monoisotopic (exact) mass is 500 g/mol. The fourth-order valence-electron chi connectivity index (χ4n) is 4.29. The summed E-state index contributed by atoms with van der Waals surface area (Å²) in [5, 5.41) is 22.8. The molecular formula is C26H28N8O3. The summed E-state index contributed by atoms with van der Waals surface area (Å²) in [6.45, 7) is 10.4. The predicted molar refractivity (Wildman–Crippen MR) is 134 cm³/mol. The Morgan fingerprint density at radius 1 is 1.27 bits per heavy atom. The molecule has 1 aliphatic rings. The molecule has 0 spiro atoms. The van der Waals surface area contributed by atoms with Crippen LogP contribution in [0.15, 0.2) is 42.9 Å². The summed E-state index contributed by atoms with van der Waals surface area (Å²) in [5.74, 6) is 0.499. The molecule has 1 atom stereocenters. The van der Waals surface area contributed by atoms with Crippen LogP contribution in [0.1, 0.15) is 56.8 Å². The zero-order valence-electron chi connectivity index (χ0n) is 21.4. The number of nitrogens with zero attached hydrogens (tertiary/aromatic N) is 8. The summed E-state index contributed by atoms with van der Waals surface area (Å²) < 4.78 is 15.2. The van der Waals surface area contributed by atoms with Crippen molar-refractivity contribution in [1.82, 2.24) is 34.5 Å². The maximum Gasteiger partial charge on any atom is 0.410 e. The van der Waals surface area contributed by atoms with Crippen LogP contribution in [0.25, 0.3) is 16.8 Å². The molecule has 0 aromatic carbocycles. The maximum absolute atomic E-state index is 12.3. The highest BCUT2D eigenvalue weighted by Crippen LogP contribution is 2.34. The van der Waals surface area contributed by atoms with Gasteiger partial charge in [-0.05, 0) is 52.8 Å². The minimum absolute atomic E-state index is 0.00675. The molecule has 37 heavy (non-hydrogen) atoms. The van der Waals surface area contributed by atoms with Crippen molar-refractivity contribution in [3.05, 3.63) is 59.8 Å². The highest BCUT2D eigenvalue weighted by atomic mass is 16.6. The number of ether oxygens (including phenoxy) is 2. The second-order valence-corrected chi connectivity index (χ2v) is 10.1. The molecule has 11 nitrogen and oxygen atoms in total. The first kappa shape index (κ1) is 24.2. The number of hydrogen-bond donors (Lipinski definition) is 0. The van der Waals surface area contributed by atoms with Crippen molar-refractivity contribution in [3.63, 3.8) is 0 Å². The first-order chi connectivity index (χ1) is 17.6. The van der Waals surface area contributed by atoms with Crippen molar-refractivity contribution >= 4 is 11.6 Å². The van der Waals surface area contributed by atoms with Crippen molar-refractivity contribution in [1.29, 1.82) is 5.26 Å². The number of nitriles is 1. The Morgan fingerprint density at radius 2 is 2.05 bits per heavy atom. The van der Waals surface area contributed by atoms with E-state index in [1.54, 1.807) is 15.6 Å². The summed E-state index contributed by atoms with van der Waals surface area (Å²) in [4.78, 5) is 18.4. The average molecular weight is 501 g/mol. The van der Waals surface area contributed by atoms with Gasteiger partial charge in [0.25, 0.3) is 0 Å². The minimum Gasteiger partial charge on any atom is -0.482 e. The predicted octanol–water partition coefficient (Wildman–Crippen LogP) is 4.10. The standard InChI is InChI=1S/C26H28N8O3/c1-16-23(30-31-34(16)20-14-32(15-20)25(35)37-26(3,4)5)18-10-22(24-19(11-27)12-29-33(24)13-18)36-17(2)21-8-6-7-9-28-21/h6-10,12-13,17,20H,14-15H2,1-5H3/t17-/m1/s1. The van der Waals surface area contributed by atoms with E-state index in [-0.39, 0.29) is 18.2 Å². The van der Waals surface area contributed by atoms with Crippen molar-refractivity contribution in [3.8, 4) is 23.1 Å². The third-order valence-electron chi connectivity index (χ3n) is 6.17. The third kappa shape index (κ3) is 4.70. The fourth-order valence-corrected chi connectivity index (χ4v) is 4.29. The molecule has 0 aliphatic carbocycles. The Balaban J connectivity index is 1.43. The second-order valence-electron chi connectivity index (χ2n) is 10.1. The van der Waals surface area contributed by atoms with E-state index in [9.17, 15) is 10.1 Å². The topological polar surface area (TPSA) is 123 Å². The van der Waals surface area contributed by atoms with Crippen LogP contribution in [0.2, 0.25) is 0 Å². The van der Waals surface area contributed by atoms with Gasteiger partial charge in [-0.15, -0.1) is 5.10 Å². The zero-order valence-corrected chi connectivity index (χ0v) is 21.4. The largest absolute Gasteiger partial charge is 0.482 e. The van der Waals surface area contributed by atoms with Gasteiger partial charge in [0, 0.05) is 31.0 Å². The number of fused-ring (bicyclic) bond motifs is 1. The lowest BCUT2D eigenvalue weighted by Gasteiger charge is -2.39. The number of carbonyl (C=O) groups excluding carboxylic acids is 1. The normalized spacial score (nSPS) is 14.8. The van der Waals surface area contributed by atoms with E-state index in [0.717, 1.165) is 17.0 Å². The summed E-state index contributed by atoms with van der Waals surface area (Å²) >= 11 is 0. The summed E-state index contributed by atoms with van der Waals surface area (Å²) in [5.41, 5.74) is 3.48. The van der Waals surface area contributed by atoms with Gasteiger partial charge in [-0.1, -0.05) is 11.3 Å². The third-order valence-corrected chi connectivity index (χ3v) is 6.17. The molecule has 0 N–H and O–H groups in total. The number of rotatable bonds is 5. The van der Waals surface area contributed by atoms with Gasteiger partial charge in [0.05, 0.1) is 23.6 Å². The van der Waals surface area contributed by atoms with Crippen LogP contribution in [0.3, 0.4) is 0 Å². The van der Waals surface area contributed by atoms with Gasteiger partial charge >= 0.3 is 6.09 Å². The van der Waals surface area contributed by atoms with E-state index in [2.05, 4.69) is 26.5 Å². The maximum atomic E-state index is 12.3. The van der Waals surface area contributed by atoms with E-state index >= 15 is 0 Å². The Labute approximate surface area is 214 Å². The van der Waals surface area contributed by atoms with Gasteiger partial charge < -0.3 is 14.4 Å². The molecule has 0 bridgehead atoms. The SMILES string of the molecule is Cc1c(-c2cc(O[C@H](C)c3ccccn3)c3c(C#N)cnn3c2)nnn1C1CN(C(=O)OC(C)(C)C)C1. The molecule has 1 aliphatic heterocycles. The number of amides is 1. The quantitative estimate of drug-likeness (QED) is 0.401. The van der Waals surface area contributed by atoms with Crippen LogP contribution in [0, 0.1) is 18.3 Å². The van der Waals surface area contributed by atoms with Gasteiger partial charge in [-0.25, -0.2) is 14.0 Å². The zero-order chi connectivity index (χ0) is 26.3. The molecule has 1 fully saturated rings. The van der Waals surface area contributed by atoms with E-state index in [1.165, 1.54) is 6.20 Å². The van der Waals surface area contributed by atoms with Crippen molar-refractivity contribution in [2.45, 2.75) is 52.4 Å². The van der Waals surface area contributed by atoms with Gasteiger partial charge in [-0.3, -0.25) is 4.98 Å². The number of pyridine rings is 2. The Morgan fingerprint density at radius 3 is 2.73 bits per heavy atom. The molecule has 0 radical (unpaired) electrons. The van der Waals surface area contributed by atoms with Crippen LogP contribution < -0.4 is 4.74 Å². The molecule has 190 valence electrons. The number of aromatic nitrogens is 6. The molecule has 0 unspecified atom stereocenters. The Bertz CT molecular complexity index is 1490. The van der Waals surface area contributed by atoms with E-state index < -0.39 is 5.60 Å². The van der Waals surface area contributed by atoms with Crippen LogP contribution in [-0.2, 0) is 4.74 Å². The van der Waals surface area contributed by atoms with Crippen molar-refractivity contribution in [2.75, 3.05) is 13.1 Å². The fraction of sp³-hybridized carbons (Fsp3) is 0.385. The van der Waals surface area contributed by atoms with Gasteiger partial charge in [0.15, 0.2) is 0 Å². The molecule has 5 heterocycles. The van der Waals surface area contributed by atoms with Gasteiger partial charge in [0.1, 0.15) is 40.3 Å². The molecule has 4 aromatic rings. The summed E-state index contributed by atoms with van der Waals surface area (Å²) in [6, 6.07) is 9.68. The molecular weight excluding hydrogens is 472 g/mol. The van der Waals surface area contributed by atoms with Crippen LogP contribution >= 0.6 is 0 Å². The molecule has 11 heteroatoms. The van der Waals surface area contributed by atoms with Crippen molar-refractivity contribution in [2.24, 2.45) is 0 Å². The molecule has 1 saturated heterocycles. The van der Waals surface area contributed by atoms with E-state index in [1.807, 2.05) is 69.8 Å². The minimum atomic E-state index is -0.539. The van der Waals surface area contributed by atoms with Gasteiger partial charge in [0.2, 0.25) is 0 Å². The Kier molecular flexibility index (Phi) is 6.03. The average Bonchev–Trinajstić information content (AvgIpc) is 3.41. The highest BCUT2D eigenvalue weighted by Gasteiger charge is 2.36. The molecule has 1 amide bonds. The van der Waals surface area contributed by atoms with Crippen molar-refractivity contribution < 1.29 is 14.3 Å². The molecule has 4 aromatic heterocycles. The smallest absolute Gasteiger partial charge is 0.410 e. The lowest BCUT2D eigenvalue weighted by Crippen LogP contribution is -2.52. The number of hydrogen-bond acceptors (Lipinski definition) is 8. The number of likely N-dealkylation sites (tertiary alicyclic amines) is 1. The van der Waals surface area contributed by atoms with E-state index in [0.29, 0.717) is 35.6 Å². The van der Waals surface area contributed by atoms with E-state index in [4.69, 9.17) is 9.47 Å². The van der Waals surface area contributed by atoms with Gasteiger partial charge in [-0.2, -0.15) is 10.4 Å². The highest BCUT2D eigenvalue weighted by molar-refractivity contribution is 5.75. The lowest BCUT2D eigenvalue weighted by atomic mass is 10.1. The number of carbonyl (C=O) groups is 1. The Hall–Kier alpha value is -4.46. The van der Waals surface area contributed by atoms with Crippen LogP contribution in [-0.4, -0.2) is 59.3 Å². The first-order valence-corrected chi connectivity index (χ1v) is 12.0. The van der Waals surface area contributed by atoms with Crippen LogP contribution in [0.5, 0.6) is 5.75 Å². The first-order valence-electron chi connectivity index (χ1n) is 12.0. The van der Waals surface area contributed by atoms with Crippen LogP contribution in [0.4, 0.5) is 4.79 Å². The lowest BCUT2D eigenvalue weighted by molar-refractivity contribution is -0.000882.